The van der Waals surface area contributed by atoms with Gasteiger partial charge >= 0.3 is 18.1 Å². The van der Waals surface area contributed by atoms with Crippen molar-refractivity contribution in [2.45, 2.75) is 25.6 Å². The molecule has 0 spiro atoms. The van der Waals surface area contributed by atoms with Gasteiger partial charge in [0.15, 0.2) is 0 Å². The number of rotatable bonds is 6. The Morgan fingerprint density at radius 1 is 0.860 bits per heavy atom. The number of halogens is 3. The third-order valence-electron chi connectivity index (χ3n) is 6.27. The maximum atomic E-state index is 12.9. The van der Waals surface area contributed by atoms with Crippen molar-refractivity contribution in [1.82, 2.24) is 25.0 Å². The molecule has 0 bridgehead atoms. The minimum atomic E-state index is -4.47. The lowest BCUT2D eigenvalue weighted by molar-refractivity contribution is -0.138. The van der Waals surface area contributed by atoms with E-state index in [0.717, 1.165) is 38.9 Å². The van der Waals surface area contributed by atoms with Crippen molar-refractivity contribution >= 4 is 55.0 Å². The van der Waals surface area contributed by atoms with E-state index in [1.165, 1.54) is 6.07 Å². The number of thiazole rings is 1. The quantitative estimate of drug-likeness (QED) is 0.268. The molecule has 6 aromatic rings. The van der Waals surface area contributed by atoms with Crippen molar-refractivity contribution in [1.29, 1.82) is 0 Å². The maximum Gasteiger partial charge on any atom is 0.416 e. The molecule has 3 aromatic heterocycles. The second-order valence-corrected chi connectivity index (χ2v) is 10.4. The minimum Gasteiger partial charge on any atom is -0.481 e. The Kier molecular flexibility index (Phi) is 8.12. The Morgan fingerprint density at radius 2 is 1.51 bits per heavy atom. The fourth-order valence-electron chi connectivity index (χ4n) is 4.39. The molecule has 0 radical (unpaired) electrons. The van der Waals surface area contributed by atoms with Crippen molar-refractivity contribution in [3.8, 4) is 0 Å². The highest BCUT2D eigenvalue weighted by Gasteiger charge is 2.30. The standard InChI is InChI=1S/C19H12F3N3O3S.C10H8N2O2/c20-19(21,22)10-5-6-15-14(7-10)23-16(29-15)9-25-18(28)12-4-2-1-3-11(12)13(24-25)8-17(26)27;13-10(14)5-9-8-4-2-1-3-7(8)6-11-12-9/h1-7H,8-9H2,(H,26,27);1-4,6H,5H2,(H,13,14). The predicted molar refractivity (Wildman–Crippen MR) is 152 cm³/mol. The molecule has 0 unspecified atom stereocenters. The maximum absolute atomic E-state index is 12.9. The molecule has 0 aliphatic heterocycles. The zero-order chi connectivity index (χ0) is 30.7. The van der Waals surface area contributed by atoms with Crippen LogP contribution >= 0.6 is 11.3 Å². The van der Waals surface area contributed by atoms with Crippen LogP contribution < -0.4 is 5.56 Å². The molecule has 0 amide bonds. The summed E-state index contributed by atoms with van der Waals surface area (Å²) in [5.41, 5.74) is -0.306. The van der Waals surface area contributed by atoms with Gasteiger partial charge in [-0.25, -0.2) is 9.67 Å². The van der Waals surface area contributed by atoms with E-state index in [4.69, 9.17) is 10.2 Å². The molecule has 2 N–H and O–H groups in total. The SMILES string of the molecule is O=C(O)Cc1nn(Cc2nc3cc(C(F)(F)F)ccc3s2)c(=O)c2ccccc12.O=C(O)Cc1nncc2ccccc12. The van der Waals surface area contributed by atoms with Gasteiger partial charge in [0.25, 0.3) is 5.56 Å². The van der Waals surface area contributed by atoms with Gasteiger partial charge in [-0.05, 0) is 24.3 Å². The van der Waals surface area contributed by atoms with Crippen molar-refractivity contribution in [3.05, 3.63) is 105 Å². The molecular weight excluding hydrogens is 587 g/mol. The second kappa shape index (κ2) is 11.9. The van der Waals surface area contributed by atoms with Crippen LogP contribution in [0.2, 0.25) is 0 Å². The van der Waals surface area contributed by atoms with Crippen LogP contribution in [0.4, 0.5) is 13.2 Å². The van der Waals surface area contributed by atoms with Crippen LogP contribution in [0.5, 0.6) is 0 Å². The first-order valence-electron chi connectivity index (χ1n) is 12.6. The van der Waals surface area contributed by atoms with Crippen molar-refractivity contribution < 1.29 is 33.0 Å². The minimum absolute atomic E-state index is 0.0724. The topological polar surface area (TPSA) is 148 Å². The smallest absolute Gasteiger partial charge is 0.416 e. The van der Waals surface area contributed by atoms with Crippen LogP contribution in [0.1, 0.15) is 22.0 Å². The van der Waals surface area contributed by atoms with Gasteiger partial charge in [-0.1, -0.05) is 42.5 Å². The van der Waals surface area contributed by atoms with E-state index in [1.807, 2.05) is 24.3 Å². The highest BCUT2D eigenvalue weighted by molar-refractivity contribution is 7.18. The molecule has 0 fully saturated rings. The van der Waals surface area contributed by atoms with Gasteiger partial charge in [-0.15, -0.1) is 11.3 Å². The molecule has 0 saturated heterocycles. The van der Waals surface area contributed by atoms with Crippen molar-refractivity contribution in [2.24, 2.45) is 0 Å². The predicted octanol–water partition coefficient (Wildman–Crippen LogP) is 4.96. The number of carbonyl (C=O) groups is 2. The largest absolute Gasteiger partial charge is 0.481 e. The van der Waals surface area contributed by atoms with E-state index in [-0.39, 0.29) is 30.6 Å². The summed E-state index contributed by atoms with van der Waals surface area (Å²) < 4.78 is 40.3. The lowest BCUT2D eigenvalue weighted by Crippen LogP contribution is -2.26. The lowest BCUT2D eigenvalue weighted by Gasteiger charge is -2.08. The van der Waals surface area contributed by atoms with Gasteiger partial charge in [0.2, 0.25) is 0 Å². The first-order chi connectivity index (χ1) is 20.5. The zero-order valence-electron chi connectivity index (χ0n) is 21.9. The Bertz CT molecular complexity index is 2050. The van der Waals surface area contributed by atoms with Crippen LogP contribution in [-0.4, -0.2) is 47.1 Å². The molecule has 218 valence electrons. The summed E-state index contributed by atoms with van der Waals surface area (Å²) in [5, 5.41) is 32.5. The summed E-state index contributed by atoms with van der Waals surface area (Å²) in [6.07, 6.45) is -3.30. The number of carboxylic acids is 2. The normalized spacial score (nSPS) is 11.4. The molecule has 6 rings (SSSR count). The number of nitrogens with zero attached hydrogens (tertiary/aromatic N) is 5. The van der Waals surface area contributed by atoms with Gasteiger partial charge in [-0.3, -0.25) is 14.4 Å². The number of hydrogen-bond donors (Lipinski definition) is 2. The Morgan fingerprint density at radius 3 is 2.21 bits per heavy atom. The molecule has 0 aliphatic carbocycles. The molecule has 0 atom stereocenters. The van der Waals surface area contributed by atoms with E-state index in [9.17, 15) is 27.6 Å². The van der Waals surface area contributed by atoms with Crippen LogP contribution in [-0.2, 0) is 35.2 Å². The van der Waals surface area contributed by atoms with E-state index in [0.29, 0.717) is 26.2 Å². The number of fused-ring (bicyclic) bond motifs is 3. The molecule has 0 aliphatic rings. The molecule has 10 nitrogen and oxygen atoms in total. The van der Waals surface area contributed by atoms with Crippen LogP contribution in [0, 0.1) is 0 Å². The van der Waals surface area contributed by atoms with Gasteiger partial charge in [0, 0.05) is 16.2 Å². The van der Waals surface area contributed by atoms with Gasteiger partial charge < -0.3 is 10.2 Å². The number of hydrogen-bond acceptors (Lipinski definition) is 8. The van der Waals surface area contributed by atoms with Crippen molar-refractivity contribution in [2.75, 3.05) is 0 Å². The molecule has 0 saturated carbocycles. The third-order valence-corrected chi connectivity index (χ3v) is 7.29. The Balaban J connectivity index is 0.000000220. The summed E-state index contributed by atoms with van der Waals surface area (Å²) in [7, 11) is 0. The van der Waals surface area contributed by atoms with Crippen molar-refractivity contribution in [3.63, 3.8) is 0 Å². The zero-order valence-corrected chi connectivity index (χ0v) is 22.8. The first-order valence-corrected chi connectivity index (χ1v) is 13.4. The monoisotopic (exact) mass is 607 g/mol. The number of aromatic nitrogens is 5. The van der Waals surface area contributed by atoms with E-state index in [1.54, 1.807) is 30.5 Å². The lowest BCUT2D eigenvalue weighted by atomic mass is 10.1. The van der Waals surface area contributed by atoms with E-state index in [2.05, 4.69) is 20.3 Å². The van der Waals surface area contributed by atoms with E-state index < -0.39 is 29.2 Å². The molecule has 43 heavy (non-hydrogen) atoms. The van der Waals surface area contributed by atoms with Gasteiger partial charge in [0.05, 0.1) is 58.1 Å². The number of carboxylic acid groups (broad SMARTS) is 2. The van der Waals surface area contributed by atoms with Crippen LogP contribution in [0.3, 0.4) is 0 Å². The number of aliphatic carboxylic acids is 2. The molecule has 14 heteroatoms. The fraction of sp³-hybridized carbons (Fsp3) is 0.138. The fourth-order valence-corrected chi connectivity index (χ4v) is 5.32. The first kappa shape index (κ1) is 29.3. The average Bonchev–Trinajstić information content (AvgIpc) is 3.37. The Labute approximate surface area is 243 Å². The summed E-state index contributed by atoms with van der Waals surface area (Å²) in [4.78, 5) is 38.7. The van der Waals surface area contributed by atoms with Gasteiger partial charge in [-0.2, -0.15) is 28.5 Å². The molecular formula is C29H20F3N5O5S. The summed E-state index contributed by atoms with van der Waals surface area (Å²) in [6.45, 7) is -0.0724. The highest BCUT2D eigenvalue weighted by Crippen LogP contribution is 2.33. The number of alkyl halides is 3. The Hall–Kier alpha value is -5.24. The van der Waals surface area contributed by atoms with E-state index >= 15 is 0 Å². The summed E-state index contributed by atoms with van der Waals surface area (Å²) in [5.74, 6) is -1.98. The third kappa shape index (κ3) is 6.64. The highest BCUT2D eigenvalue weighted by atomic mass is 32.1. The molecule has 3 aromatic carbocycles. The summed E-state index contributed by atoms with van der Waals surface area (Å²) in [6, 6.07) is 17.3. The van der Waals surface area contributed by atoms with Crippen LogP contribution in [0.15, 0.2) is 77.7 Å². The number of benzene rings is 3. The second-order valence-electron chi connectivity index (χ2n) is 9.26. The van der Waals surface area contributed by atoms with Crippen LogP contribution in [0.25, 0.3) is 31.8 Å². The molecule has 3 heterocycles. The summed E-state index contributed by atoms with van der Waals surface area (Å²) >= 11 is 1.15. The van der Waals surface area contributed by atoms with Gasteiger partial charge in [0.1, 0.15) is 5.01 Å². The average molecular weight is 608 g/mol.